The Morgan fingerprint density at radius 1 is 1.61 bits per heavy atom. The van der Waals surface area contributed by atoms with E-state index < -0.39 is 5.97 Å². The van der Waals surface area contributed by atoms with Crippen LogP contribution in [0, 0.1) is 11.8 Å². The number of hydrogen-bond acceptors (Lipinski definition) is 4. The maximum absolute atomic E-state index is 11.9. The lowest BCUT2D eigenvalue weighted by Crippen LogP contribution is -2.46. The summed E-state index contributed by atoms with van der Waals surface area (Å²) in [7, 11) is 0. The number of anilines is 1. The number of amides is 2. The Morgan fingerprint density at radius 2 is 2.39 bits per heavy atom. The monoisotopic (exact) mass is 269 g/mol. The normalized spacial score (nSPS) is 23.7. The van der Waals surface area contributed by atoms with Crippen LogP contribution in [0.2, 0.25) is 0 Å². The molecular formula is C11H15N3O3S. The van der Waals surface area contributed by atoms with Crippen LogP contribution in [-0.4, -0.2) is 40.1 Å². The second kappa shape index (κ2) is 5.34. The zero-order valence-electron chi connectivity index (χ0n) is 10.00. The van der Waals surface area contributed by atoms with Crippen LogP contribution in [-0.2, 0) is 4.79 Å². The number of carboxylic acids is 1. The van der Waals surface area contributed by atoms with Crippen LogP contribution in [0.4, 0.5) is 9.93 Å². The van der Waals surface area contributed by atoms with Gasteiger partial charge >= 0.3 is 12.0 Å². The van der Waals surface area contributed by atoms with Crippen LogP contribution in [0.5, 0.6) is 0 Å². The highest BCUT2D eigenvalue weighted by Gasteiger charge is 2.33. The van der Waals surface area contributed by atoms with Crippen molar-refractivity contribution < 1.29 is 14.7 Å². The molecule has 0 aromatic carbocycles. The van der Waals surface area contributed by atoms with E-state index in [1.807, 2.05) is 6.92 Å². The molecule has 0 aliphatic carbocycles. The SMILES string of the molecule is CC1CN(C(=O)Nc2nccs2)CCC1C(=O)O. The summed E-state index contributed by atoms with van der Waals surface area (Å²) in [6.45, 7) is 2.80. The molecule has 0 radical (unpaired) electrons. The van der Waals surface area contributed by atoms with Crippen molar-refractivity contribution in [1.29, 1.82) is 0 Å². The van der Waals surface area contributed by atoms with E-state index >= 15 is 0 Å². The predicted octanol–water partition coefficient (Wildman–Crippen LogP) is 1.72. The first-order chi connectivity index (χ1) is 8.58. The fourth-order valence-corrected chi connectivity index (χ4v) is 2.67. The Balaban J connectivity index is 1.92. The summed E-state index contributed by atoms with van der Waals surface area (Å²) in [6.07, 6.45) is 2.13. The lowest BCUT2D eigenvalue weighted by molar-refractivity contribution is -0.145. The highest BCUT2D eigenvalue weighted by atomic mass is 32.1. The summed E-state index contributed by atoms with van der Waals surface area (Å²) in [5.74, 6) is -1.16. The summed E-state index contributed by atoms with van der Waals surface area (Å²) in [5.41, 5.74) is 0. The topological polar surface area (TPSA) is 82.5 Å². The predicted molar refractivity (Wildman–Crippen MR) is 67.6 cm³/mol. The number of thiazole rings is 1. The lowest BCUT2D eigenvalue weighted by Gasteiger charge is -2.34. The van der Waals surface area contributed by atoms with E-state index in [9.17, 15) is 9.59 Å². The van der Waals surface area contributed by atoms with Gasteiger partial charge in [-0.15, -0.1) is 11.3 Å². The Kier molecular flexibility index (Phi) is 3.81. The maximum atomic E-state index is 11.9. The average molecular weight is 269 g/mol. The van der Waals surface area contributed by atoms with Crippen LogP contribution in [0.3, 0.4) is 0 Å². The van der Waals surface area contributed by atoms with Gasteiger partial charge in [-0.1, -0.05) is 6.92 Å². The highest BCUT2D eigenvalue weighted by Crippen LogP contribution is 2.24. The number of carbonyl (C=O) groups is 2. The molecular weight excluding hydrogens is 254 g/mol. The summed E-state index contributed by atoms with van der Waals surface area (Å²) in [4.78, 5) is 28.5. The molecule has 18 heavy (non-hydrogen) atoms. The van der Waals surface area contributed by atoms with Gasteiger partial charge in [-0.05, 0) is 12.3 Å². The lowest BCUT2D eigenvalue weighted by atomic mass is 9.87. The third-order valence-corrected chi connectivity index (χ3v) is 3.84. The summed E-state index contributed by atoms with van der Waals surface area (Å²) >= 11 is 1.36. The number of urea groups is 1. The highest BCUT2D eigenvalue weighted by molar-refractivity contribution is 7.13. The van der Waals surface area contributed by atoms with Gasteiger partial charge in [0.1, 0.15) is 0 Å². The fraction of sp³-hybridized carbons (Fsp3) is 0.545. The first kappa shape index (κ1) is 12.8. The zero-order valence-corrected chi connectivity index (χ0v) is 10.8. The number of likely N-dealkylation sites (tertiary alicyclic amines) is 1. The van der Waals surface area contributed by atoms with Gasteiger partial charge in [-0.25, -0.2) is 9.78 Å². The minimum atomic E-state index is -0.775. The van der Waals surface area contributed by atoms with E-state index in [1.165, 1.54) is 11.3 Å². The van der Waals surface area contributed by atoms with Crippen LogP contribution >= 0.6 is 11.3 Å². The molecule has 2 N–H and O–H groups in total. The Labute approximate surface area is 109 Å². The molecule has 0 bridgehead atoms. The minimum absolute atomic E-state index is 0.0294. The van der Waals surface area contributed by atoms with E-state index in [2.05, 4.69) is 10.3 Å². The number of carboxylic acid groups (broad SMARTS) is 1. The third-order valence-electron chi connectivity index (χ3n) is 3.16. The quantitative estimate of drug-likeness (QED) is 0.856. The third kappa shape index (κ3) is 2.79. The van der Waals surface area contributed by atoms with Gasteiger partial charge in [-0.3, -0.25) is 10.1 Å². The van der Waals surface area contributed by atoms with Crippen LogP contribution < -0.4 is 5.32 Å². The van der Waals surface area contributed by atoms with E-state index in [4.69, 9.17) is 5.11 Å². The van der Waals surface area contributed by atoms with Gasteiger partial charge in [0, 0.05) is 24.7 Å². The fourth-order valence-electron chi connectivity index (χ4n) is 2.15. The van der Waals surface area contributed by atoms with Crippen LogP contribution in [0.15, 0.2) is 11.6 Å². The molecule has 1 aliphatic rings. The van der Waals surface area contributed by atoms with Gasteiger partial charge < -0.3 is 10.0 Å². The van der Waals surface area contributed by atoms with Crippen molar-refractivity contribution in [3.05, 3.63) is 11.6 Å². The maximum Gasteiger partial charge on any atom is 0.323 e. The molecule has 2 amide bonds. The van der Waals surface area contributed by atoms with Gasteiger partial charge in [0.15, 0.2) is 5.13 Å². The molecule has 2 heterocycles. The Hall–Kier alpha value is -1.63. The average Bonchev–Trinajstić information content (AvgIpc) is 2.81. The number of rotatable bonds is 2. The summed E-state index contributed by atoms with van der Waals surface area (Å²) in [6, 6.07) is -0.208. The molecule has 2 unspecified atom stereocenters. The Bertz CT molecular complexity index is 435. The molecule has 6 nitrogen and oxygen atoms in total. The molecule has 1 saturated heterocycles. The number of carbonyl (C=O) groups excluding carboxylic acids is 1. The number of piperidine rings is 1. The zero-order chi connectivity index (χ0) is 13.1. The largest absolute Gasteiger partial charge is 0.481 e. The molecule has 1 aromatic rings. The Morgan fingerprint density at radius 3 is 2.94 bits per heavy atom. The van der Waals surface area contributed by atoms with Crippen molar-refractivity contribution >= 4 is 28.5 Å². The molecule has 98 valence electrons. The van der Waals surface area contributed by atoms with Crippen LogP contribution in [0.1, 0.15) is 13.3 Å². The van der Waals surface area contributed by atoms with E-state index in [0.29, 0.717) is 24.6 Å². The molecule has 1 fully saturated rings. The van der Waals surface area contributed by atoms with Crippen molar-refractivity contribution in [2.75, 3.05) is 18.4 Å². The van der Waals surface area contributed by atoms with Gasteiger partial charge in [0.25, 0.3) is 0 Å². The van der Waals surface area contributed by atoms with Gasteiger partial charge in [-0.2, -0.15) is 0 Å². The smallest absolute Gasteiger partial charge is 0.323 e. The molecule has 1 aromatic heterocycles. The van der Waals surface area contributed by atoms with E-state index in [1.54, 1.807) is 16.5 Å². The number of aromatic nitrogens is 1. The summed E-state index contributed by atoms with van der Waals surface area (Å²) in [5, 5.41) is 14.1. The first-order valence-corrected chi connectivity index (χ1v) is 6.64. The number of nitrogens with zero attached hydrogens (tertiary/aromatic N) is 2. The van der Waals surface area contributed by atoms with Crippen molar-refractivity contribution in [2.24, 2.45) is 11.8 Å². The number of hydrogen-bond donors (Lipinski definition) is 2. The first-order valence-electron chi connectivity index (χ1n) is 5.76. The molecule has 2 rings (SSSR count). The molecule has 2 atom stereocenters. The van der Waals surface area contributed by atoms with Crippen molar-refractivity contribution in [2.45, 2.75) is 13.3 Å². The van der Waals surface area contributed by atoms with E-state index in [-0.39, 0.29) is 17.9 Å². The van der Waals surface area contributed by atoms with Crippen LogP contribution in [0.25, 0.3) is 0 Å². The number of aliphatic carboxylic acids is 1. The number of nitrogens with one attached hydrogen (secondary N) is 1. The minimum Gasteiger partial charge on any atom is -0.481 e. The molecule has 0 spiro atoms. The van der Waals surface area contributed by atoms with Crippen molar-refractivity contribution in [3.63, 3.8) is 0 Å². The summed E-state index contributed by atoms with van der Waals surface area (Å²) < 4.78 is 0. The molecule has 1 aliphatic heterocycles. The standard InChI is InChI=1S/C11H15N3O3S/c1-7-6-14(4-2-8(7)9(15)16)11(17)13-10-12-3-5-18-10/h3,5,7-8H,2,4,6H2,1H3,(H,15,16)(H,12,13,17). The van der Waals surface area contributed by atoms with Crippen molar-refractivity contribution in [3.8, 4) is 0 Å². The van der Waals surface area contributed by atoms with Crippen molar-refractivity contribution in [1.82, 2.24) is 9.88 Å². The van der Waals surface area contributed by atoms with E-state index in [0.717, 1.165) is 0 Å². The molecule has 7 heteroatoms. The second-order valence-corrected chi connectivity index (χ2v) is 5.32. The van der Waals surface area contributed by atoms with Gasteiger partial charge in [0.05, 0.1) is 5.92 Å². The second-order valence-electron chi connectivity index (χ2n) is 4.42. The van der Waals surface area contributed by atoms with Gasteiger partial charge in [0.2, 0.25) is 0 Å². The molecule has 0 saturated carbocycles.